The molecule has 0 aliphatic carbocycles. The van der Waals surface area contributed by atoms with Crippen LogP contribution in [0.1, 0.15) is 11.3 Å². The van der Waals surface area contributed by atoms with Crippen LogP contribution in [-0.4, -0.2) is 17.9 Å². The van der Waals surface area contributed by atoms with E-state index in [1.165, 1.54) is 0 Å². The minimum atomic E-state index is -0.111. The Morgan fingerprint density at radius 1 is 1.04 bits per heavy atom. The molecule has 0 atom stereocenters. The molecule has 27 heavy (non-hydrogen) atoms. The van der Waals surface area contributed by atoms with Gasteiger partial charge in [-0.25, -0.2) is 5.53 Å². The lowest BCUT2D eigenvalue weighted by Crippen LogP contribution is -1.96. The number of benzene rings is 2. The van der Waals surface area contributed by atoms with Crippen molar-refractivity contribution >= 4 is 17.2 Å². The highest BCUT2D eigenvalue weighted by atomic mass is 16.5. The Labute approximate surface area is 158 Å². The summed E-state index contributed by atoms with van der Waals surface area (Å²) >= 11 is 0. The number of pyridine rings is 1. The average molecular weight is 362 g/mol. The van der Waals surface area contributed by atoms with Crippen molar-refractivity contribution in [1.29, 1.82) is 10.9 Å². The number of nitrogens with one attached hydrogen (secondary N) is 2. The van der Waals surface area contributed by atoms with Crippen molar-refractivity contribution < 1.29 is 4.74 Å². The van der Waals surface area contributed by atoms with E-state index in [1.807, 2.05) is 37.3 Å². The molecule has 0 fully saturated rings. The van der Waals surface area contributed by atoms with Crippen molar-refractivity contribution in [3.05, 3.63) is 72.1 Å². The van der Waals surface area contributed by atoms with Gasteiger partial charge in [-0.2, -0.15) is 0 Å². The van der Waals surface area contributed by atoms with Crippen LogP contribution in [-0.2, 0) is 0 Å². The number of aromatic nitrogens is 1. The Balaban J connectivity index is 0.000000223. The van der Waals surface area contributed by atoms with Crippen molar-refractivity contribution in [1.82, 2.24) is 4.98 Å². The van der Waals surface area contributed by atoms with Crippen LogP contribution in [0.2, 0.25) is 0 Å². The largest absolute Gasteiger partial charge is 0.496 e. The first-order valence-electron chi connectivity index (χ1n) is 8.14. The highest BCUT2D eigenvalue weighted by molar-refractivity contribution is 5.94. The number of para-hydroxylation sites is 1. The van der Waals surface area contributed by atoms with Crippen LogP contribution >= 0.6 is 0 Å². The van der Waals surface area contributed by atoms with Crippen LogP contribution in [0.5, 0.6) is 5.75 Å². The summed E-state index contributed by atoms with van der Waals surface area (Å²) in [5, 5.41) is 9.99. The summed E-state index contributed by atoms with van der Waals surface area (Å²) in [6, 6.07) is 16.7. The molecule has 7 nitrogen and oxygen atoms in total. The third-order valence-electron chi connectivity index (χ3n) is 3.86. The molecular weight excluding hydrogens is 340 g/mol. The second kappa shape index (κ2) is 9.10. The Morgan fingerprint density at radius 3 is 2.44 bits per heavy atom. The standard InChI is InChI=1S/C14H16N2O.C6H6N4/c1-9-4-3-5-12(14(9)16)11-7-6-10(15)8-13(11)17-2;7-6(10-8)5-3-1-2-4-9-5/h3-8H,15-16H2,1-2H3;1-4,7-8H. The number of rotatable bonds is 3. The number of nitrogens with zero attached hydrogens (tertiary/aromatic N) is 2. The van der Waals surface area contributed by atoms with E-state index < -0.39 is 0 Å². The summed E-state index contributed by atoms with van der Waals surface area (Å²) in [6.45, 7) is 1.99. The molecule has 0 aliphatic heterocycles. The van der Waals surface area contributed by atoms with Gasteiger partial charge in [-0.15, -0.1) is 5.11 Å². The quantitative estimate of drug-likeness (QED) is 0.239. The maximum atomic E-state index is 7.06. The molecule has 0 amide bonds. The zero-order valence-electron chi connectivity index (χ0n) is 15.2. The van der Waals surface area contributed by atoms with Gasteiger partial charge < -0.3 is 16.2 Å². The fourth-order valence-electron chi connectivity index (χ4n) is 2.41. The molecule has 138 valence electrons. The fraction of sp³-hybridized carbons (Fsp3) is 0.100. The topological polar surface area (TPSA) is 134 Å². The molecule has 6 N–H and O–H groups in total. The molecule has 1 heterocycles. The van der Waals surface area contributed by atoms with Crippen LogP contribution in [0.4, 0.5) is 11.4 Å². The number of anilines is 2. The molecule has 3 aromatic rings. The molecule has 2 aromatic carbocycles. The van der Waals surface area contributed by atoms with Gasteiger partial charge in [0.05, 0.1) is 7.11 Å². The lowest BCUT2D eigenvalue weighted by Gasteiger charge is -2.12. The van der Waals surface area contributed by atoms with E-state index in [0.717, 1.165) is 28.1 Å². The lowest BCUT2D eigenvalue weighted by atomic mass is 10.00. The normalized spacial score (nSPS) is 9.70. The minimum absolute atomic E-state index is 0.111. The van der Waals surface area contributed by atoms with Gasteiger partial charge in [-0.1, -0.05) is 24.3 Å². The molecule has 0 spiro atoms. The number of hydrogen-bond acceptors (Lipinski definition) is 6. The Morgan fingerprint density at radius 2 is 1.81 bits per heavy atom. The number of methoxy groups -OCH3 is 1. The van der Waals surface area contributed by atoms with Gasteiger partial charge in [-0.3, -0.25) is 10.4 Å². The molecule has 0 unspecified atom stereocenters. The first kappa shape index (κ1) is 19.6. The maximum Gasteiger partial charge on any atom is 0.192 e. The van der Waals surface area contributed by atoms with Gasteiger partial charge in [0.15, 0.2) is 5.84 Å². The molecular formula is C20H22N6O. The number of nitrogen functional groups attached to an aromatic ring is 2. The van der Waals surface area contributed by atoms with E-state index in [4.69, 9.17) is 27.1 Å². The van der Waals surface area contributed by atoms with Crippen LogP contribution in [0.15, 0.2) is 65.9 Å². The van der Waals surface area contributed by atoms with Crippen molar-refractivity contribution in [3.8, 4) is 16.9 Å². The Kier molecular flexibility index (Phi) is 6.60. The summed E-state index contributed by atoms with van der Waals surface area (Å²) < 4.78 is 5.34. The second-order valence-corrected chi connectivity index (χ2v) is 5.67. The monoisotopic (exact) mass is 362 g/mol. The fourth-order valence-corrected chi connectivity index (χ4v) is 2.41. The number of nitrogens with two attached hydrogens (primary N) is 2. The molecule has 0 saturated carbocycles. The number of aryl methyl sites for hydroxylation is 1. The van der Waals surface area contributed by atoms with Gasteiger partial charge in [0, 0.05) is 34.8 Å². The lowest BCUT2D eigenvalue weighted by molar-refractivity contribution is 0.416. The van der Waals surface area contributed by atoms with E-state index in [1.54, 1.807) is 37.6 Å². The third kappa shape index (κ3) is 4.88. The van der Waals surface area contributed by atoms with Crippen LogP contribution in [0.3, 0.4) is 0 Å². The Hall–Kier alpha value is -3.74. The van der Waals surface area contributed by atoms with Crippen LogP contribution in [0.25, 0.3) is 11.1 Å². The van der Waals surface area contributed by atoms with Gasteiger partial charge in [0.1, 0.15) is 11.4 Å². The summed E-state index contributed by atoms with van der Waals surface area (Å²) in [7, 11) is 1.63. The second-order valence-electron chi connectivity index (χ2n) is 5.67. The van der Waals surface area contributed by atoms with Gasteiger partial charge >= 0.3 is 0 Å². The molecule has 1 aromatic heterocycles. The van der Waals surface area contributed by atoms with Crippen molar-refractivity contribution in [3.63, 3.8) is 0 Å². The molecule has 7 heteroatoms. The van der Waals surface area contributed by atoms with E-state index in [9.17, 15) is 0 Å². The number of ether oxygens (including phenoxy) is 1. The summed E-state index contributed by atoms with van der Waals surface area (Å²) in [5.74, 6) is 0.628. The number of hydrogen-bond donors (Lipinski definition) is 4. The van der Waals surface area contributed by atoms with Crippen molar-refractivity contribution in [2.75, 3.05) is 18.6 Å². The molecule has 3 rings (SSSR count). The van der Waals surface area contributed by atoms with Gasteiger partial charge in [0.25, 0.3) is 0 Å². The zero-order chi connectivity index (χ0) is 19.8. The first-order chi connectivity index (χ1) is 13.0. The molecule has 0 saturated heterocycles. The van der Waals surface area contributed by atoms with E-state index in [0.29, 0.717) is 11.4 Å². The van der Waals surface area contributed by atoms with E-state index in [2.05, 4.69) is 10.1 Å². The number of amidine groups is 1. The maximum absolute atomic E-state index is 7.06. The van der Waals surface area contributed by atoms with E-state index in [-0.39, 0.29) is 5.84 Å². The van der Waals surface area contributed by atoms with Crippen LogP contribution in [0, 0.1) is 17.9 Å². The molecule has 0 radical (unpaired) electrons. The highest BCUT2D eigenvalue weighted by Gasteiger charge is 2.10. The third-order valence-corrected chi connectivity index (χ3v) is 3.86. The Bertz CT molecular complexity index is 940. The smallest absolute Gasteiger partial charge is 0.192 e. The van der Waals surface area contributed by atoms with Crippen molar-refractivity contribution in [2.24, 2.45) is 5.11 Å². The predicted octanol–water partition coefficient (Wildman–Crippen LogP) is 4.27. The summed E-state index contributed by atoms with van der Waals surface area (Å²) in [5.41, 5.74) is 23.2. The van der Waals surface area contributed by atoms with Gasteiger partial charge in [-0.05, 0) is 36.8 Å². The minimum Gasteiger partial charge on any atom is -0.496 e. The SMILES string of the molecule is COc1cc(N)ccc1-c1cccc(C)c1N.N=NC(=N)c1ccccn1. The summed E-state index contributed by atoms with van der Waals surface area (Å²) in [4.78, 5) is 3.81. The molecule has 0 bridgehead atoms. The average Bonchev–Trinajstić information content (AvgIpc) is 2.70. The predicted molar refractivity (Wildman–Crippen MR) is 108 cm³/mol. The summed E-state index contributed by atoms with van der Waals surface area (Å²) in [6.07, 6.45) is 1.56. The van der Waals surface area contributed by atoms with E-state index >= 15 is 0 Å². The molecule has 0 aliphatic rings. The van der Waals surface area contributed by atoms with Gasteiger partial charge in [0.2, 0.25) is 0 Å². The van der Waals surface area contributed by atoms with Crippen LogP contribution < -0.4 is 16.2 Å². The zero-order valence-corrected chi connectivity index (χ0v) is 15.2. The highest BCUT2D eigenvalue weighted by Crippen LogP contribution is 2.36. The first-order valence-corrected chi connectivity index (χ1v) is 8.14. The van der Waals surface area contributed by atoms with Crippen molar-refractivity contribution in [2.45, 2.75) is 6.92 Å².